The molecule has 194 valence electrons. The Bertz CT molecular complexity index is 1540. The molecule has 38 heavy (non-hydrogen) atoms. The molecule has 8 nitrogen and oxygen atoms in total. The van der Waals surface area contributed by atoms with Gasteiger partial charge in [0, 0.05) is 27.7 Å². The van der Waals surface area contributed by atoms with Crippen LogP contribution in [0.3, 0.4) is 0 Å². The highest BCUT2D eigenvalue weighted by molar-refractivity contribution is 9.10. The van der Waals surface area contributed by atoms with Crippen molar-refractivity contribution in [1.82, 2.24) is 10.2 Å². The molecule has 0 saturated heterocycles. The number of rotatable bonds is 6. The molecule has 0 spiro atoms. The predicted molar refractivity (Wildman–Crippen MR) is 150 cm³/mol. The molecule has 0 radical (unpaired) electrons. The number of hydrogen-bond acceptors (Lipinski definition) is 10. The van der Waals surface area contributed by atoms with Gasteiger partial charge in [0.15, 0.2) is 15.9 Å². The number of Topliss-reactive ketones (excluding diaryl/α,β-unsaturated/α-hetero) is 2. The molecule has 1 aromatic carbocycles. The molecule has 2 aromatic heterocycles. The molecule has 11 heteroatoms. The molecule has 3 aromatic rings. The molecule has 2 N–H and O–H groups in total. The number of benzene rings is 1. The zero-order valence-corrected chi connectivity index (χ0v) is 24.2. The van der Waals surface area contributed by atoms with Gasteiger partial charge in [-0.25, -0.2) is 0 Å². The summed E-state index contributed by atoms with van der Waals surface area (Å²) in [6, 6.07) is 13.0. The van der Waals surface area contributed by atoms with Gasteiger partial charge in [0.1, 0.15) is 17.3 Å². The van der Waals surface area contributed by atoms with Crippen molar-refractivity contribution in [3.63, 3.8) is 0 Å². The topological polar surface area (TPSA) is 126 Å². The lowest BCUT2D eigenvalue weighted by Gasteiger charge is -2.42. The van der Waals surface area contributed by atoms with Crippen LogP contribution in [-0.4, -0.2) is 27.5 Å². The molecule has 1 unspecified atom stereocenters. The van der Waals surface area contributed by atoms with E-state index in [1.54, 1.807) is 23.1 Å². The summed E-state index contributed by atoms with van der Waals surface area (Å²) in [7, 11) is 0. The van der Waals surface area contributed by atoms with Crippen LogP contribution in [-0.2, 0) is 4.79 Å². The number of anilines is 1. The molecule has 0 saturated carbocycles. The van der Waals surface area contributed by atoms with Crippen LogP contribution in [0.1, 0.15) is 54.5 Å². The van der Waals surface area contributed by atoms with E-state index in [-0.39, 0.29) is 34.1 Å². The quantitative estimate of drug-likeness (QED) is 0.260. The number of halogens is 1. The van der Waals surface area contributed by atoms with Crippen LogP contribution in [0.25, 0.3) is 0 Å². The van der Waals surface area contributed by atoms with Gasteiger partial charge in [0.2, 0.25) is 5.13 Å². The molecule has 1 atom stereocenters. The Labute approximate surface area is 236 Å². The van der Waals surface area contributed by atoms with Crippen LogP contribution in [0, 0.1) is 23.7 Å². The Morgan fingerprint density at radius 3 is 2.66 bits per heavy atom. The molecule has 1 aliphatic heterocycles. The van der Waals surface area contributed by atoms with E-state index in [0.29, 0.717) is 50.7 Å². The van der Waals surface area contributed by atoms with Gasteiger partial charge in [0.05, 0.1) is 23.3 Å². The van der Waals surface area contributed by atoms with Crippen LogP contribution in [0.2, 0.25) is 0 Å². The lowest BCUT2D eigenvalue weighted by atomic mass is 9.69. The van der Waals surface area contributed by atoms with Gasteiger partial charge in [-0.15, -0.1) is 10.2 Å². The number of carbonyl (C=O) groups is 2. The van der Waals surface area contributed by atoms with E-state index in [1.165, 1.54) is 23.1 Å². The maximum Gasteiger partial charge on any atom is 0.219 e. The summed E-state index contributed by atoms with van der Waals surface area (Å²) in [6.07, 6.45) is 0.914. The van der Waals surface area contributed by atoms with Crippen molar-refractivity contribution in [3.05, 3.63) is 80.6 Å². The van der Waals surface area contributed by atoms with Gasteiger partial charge in [-0.3, -0.25) is 14.5 Å². The van der Waals surface area contributed by atoms with Crippen LogP contribution in [0.4, 0.5) is 5.13 Å². The Kier molecular flexibility index (Phi) is 7.07. The lowest BCUT2D eigenvalue weighted by Crippen LogP contribution is -2.42. The second kappa shape index (κ2) is 10.2. The Morgan fingerprint density at radius 2 is 2.00 bits per heavy atom. The van der Waals surface area contributed by atoms with Crippen molar-refractivity contribution in [3.8, 4) is 6.07 Å². The van der Waals surface area contributed by atoms with Crippen molar-refractivity contribution in [2.75, 3.05) is 10.7 Å². The van der Waals surface area contributed by atoms with E-state index in [2.05, 4.69) is 32.2 Å². The number of hydrogen-bond donors (Lipinski definition) is 1. The Morgan fingerprint density at radius 1 is 1.26 bits per heavy atom. The number of ketones is 2. The zero-order valence-electron chi connectivity index (χ0n) is 20.9. The highest BCUT2D eigenvalue weighted by atomic mass is 79.9. The summed E-state index contributed by atoms with van der Waals surface area (Å²) in [5.74, 6) is 0.868. The van der Waals surface area contributed by atoms with Gasteiger partial charge < -0.3 is 10.2 Å². The maximum atomic E-state index is 13.5. The van der Waals surface area contributed by atoms with Gasteiger partial charge in [-0.2, -0.15) is 5.26 Å². The number of nitrogens with zero attached hydrogens (tertiary/aromatic N) is 4. The Hall–Kier alpha value is -3.20. The predicted octanol–water partition coefficient (Wildman–Crippen LogP) is 6.12. The zero-order chi connectivity index (χ0) is 27.2. The first-order chi connectivity index (χ1) is 18.1. The number of thioether (sulfide) groups is 1. The largest absolute Gasteiger partial charge is 0.465 e. The fraction of sp³-hybridized carbons (Fsp3) is 0.296. The third-order valence-electron chi connectivity index (χ3n) is 6.51. The van der Waals surface area contributed by atoms with Crippen LogP contribution >= 0.6 is 39.0 Å². The number of aromatic nitrogens is 2. The standard InChI is InChI=1S/C27H24BrN5O3S2/c1-14-4-9-21(36-14)22-17(12-29)24(30)33(18-10-27(2,3)11-19(34)23(18)22)25-31-32-26(38-25)37-13-20(35)15-5-7-16(28)8-6-15/h4-9,22H,10-11,13,30H2,1-3H3. The molecular weight excluding hydrogens is 586 g/mol. The molecule has 0 bridgehead atoms. The summed E-state index contributed by atoms with van der Waals surface area (Å²) in [5.41, 5.74) is 8.40. The number of nitriles is 1. The highest BCUT2D eigenvalue weighted by Crippen LogP contribution is 2.51. The normalized spacial score (nSPS) is 19.0. The number of carbonyl (C=O) groups excluding carboxylic acids is 2. The third kappa shape index (κ3) is 4.96. The first-order valence-electron chi connectivity index (χ1n) is 11.9. The minimum absolute atomic E-state index is 0.0235. The number of aryl methyl sites for hydroxylation is 1. The molecular formula is C27H24BrN5O3S2. The summed E-state index contributed by atoms with van der Waals surface area (Å²) < 4.78 is 7.38. The van der Waals surface area contributed by atoms with Gasteiger partial charge in [-0.1, -0.05) is 65.0 Å². The second-order valence-corrected chi connectivity index (χ2v) is 13.1. The highest BCUT2D eigenvalue weighted by Gasteiger charge is 2.46. The average Bonchev–Trinajstić information content (AvgIpc) is 3.50. The van der Waals surface area contributed by atoms with E-state index >= 15 is 0 Å². The molecule has 3 heterocycles. The minimum Gasteiger partial charge on any atom is -0.465 e. The molecule has 0 fully saturated rings. The number of allylic oxidation sites excluding steroid dienone is 3. The maximum absolute atomic E-state index is 13.5. The fourth-order valence-electron chi connectivity index (χ4n) is 4.82. The fourth-order valence-corrected chi connectivity index (χ4v) is 6.86. The summed E-state index contributed by atoms with van der Waals surface area (Å²) in [5, 5.41) is 19.2. The number of nitrogens with two attached hydrogens (primary N) is 1. The van der Waals surface area contributed by atoms with Gasteiger partial charge in [0.25, 0.3) is 0 Å². The molecule has 1 aliphatic carbocycles. The van der Waals surface area contributed by atoms with Crippen molar-refractivity contribution >= 4 is 55.7 Å². The summed E-state index contributed by atoms with van der Waals surface area (Å²) >= 11 is 5.93. The summed E-state index contributed by atoms with van der Waals surface area (Å²) in [4.78, 5) is 27.9. The van der Waals surface area contributed by atoms with Gasteiger partial charge >= 0.3 is 0 Å². The van der Waals surface area contributed by atoms with Crippen molar-refractivity contribution in [1.29, 1.82) is 5.26 Å². The minimum atomic E-state index is -0.672. The van der Waals surface area contributed by atoms with Crippen LogP contribution in [0.5, 0.6) is 0 Å². The Balaban J connectivity index is 1.50. The van der Waals surface area contributed by atoms with E-state index in [0.717, 1.165) is 4.47 Å². The third-order valence-corrected chi connectivity index (χ3v) is 9.08. The first kappa shape index (κ1) is 26.4. The number of furan rings is 1. The smallest absolute Gasteiger partial charge is 0.219 e. The van der Waals surface area contributed by atoms with E-state index in [1.807, 2.05) is 39.0 Å². The molecule has 0 amide bonds. The lowest BCUT2D eigenvalue weighted by molar-refractivity contribution is -0.118. The summed E-state index contributed by atoms with van der Waals surface area (Å²) in [6.45, 7) is 5.89. The monoisotopic (exact) mass is 609 g/mol. The van der Waals surface area contributed by atoms with Crippen molar-refractivity contribution < 1.29 is 14.0 Å². The van der Waals surface area contributed by atoms with Crippen molar-refractivity contribution in [2.24, 2.45) is 11.1 Å². The van der Waals surface area contributed by atoms with E-state index in [9.17, 15) is 14.9 Å². The van der Waals surface area contributed by atoms with Crippen molar-refractivity contribution in [2.45, 2.75) is 43.9 Å². The van der Waals surface area contributed by atoms with E-state index < -0.39 is 5.92 Å². The van der Waals surface area contributed by atoms with Gasteiger partial charge in [-0.05, 0) is 43.0 Å². The average molecular weight is 611 g/mol. The van der Waals surface area contributed by atoms with Crippen LogP contribution in [0.15, 0.2) is 72.3 Å². The van der Waals surface area contributed by atoms with E-state index in [4.69, 9.17) is 10.2 Å². The molecule has 2 aliphatic rings. The molecule has 5 rings (SSSR count). The second-order valence-electron chi connectivity index (χ2n) is 10.00. The SMILES string of the molecule is Cc1ccc(C2C(C#N)=C(N)N(c3nnc(SCC(=O)c4ccc(Br)cc4)s3)C3=C2C(=O)CC(C)(C)C3)o1. The first-order valence-corrected chi connectivity index (χ1v) is 14.4. The van der Waals surface area contributed by atoms with Crippen LogP contribution < -0.4 is 10.6 Å².